The highest BCUT2D eigenvalue weighted by atomic mass is 79.9. The largest absolute Gasteiger partial charge is 0.436 e. The normalized spacial score (nSPS) is 11.4. The topological polar surface area (TPSA) is 58.6 Å². The highest BCUT2D eigenvalue weighted by Crippen LogP contribution is 2.26. The zero-order valence-electron chi connectivity index (χ0n) is 9.75. The van der Waals surface area contributed by atoms with Crippen LogP contribution in [0.1, 0.15) is 5.56 Å². The van der Waals surface area contributed by atoms with Gasteiger partial charge in [-0.25, -0.2) is 4.98 Å². The molecule has 2 aromatic carbocycles. The van der Waals surface area contributed by atoms with Crippen molar-refractivity contribution < 1.29 is 9.62 Å². The summed E-state index contributed by atoms with van der Waals surface area (Å²) in [7, 11) is 0. The third-order valence-electron chi connectivity index (χ3n) is 2.69. The second-order valence-corrected chi connectivity index (χ2v) is 4.92. The Morgan fingerprint density at radius 2 is 2.11 bits per heavy atom. The van der Waals surface area contributed by atoms with Crippen molar-refractivity contribution in [3.05, 3.63) is 52.5 Å². The molecule has 94 valence electrons. The molecule has 0 spiro atoms. The van der Waals surface area contributed by atoms with Crippen molar-refractivity contribution in [1.29, 1.82) is 0 Å². The number of aromatic nitrogens is 1. The van der Waals surface area contributed by atoms with Crippen molar-refractivity contribution in [2.75, 3.05) is 0 Å². The van der Waals surface area contributed by atoms with Crippen LogP contribution in [0.3, 0.4) is 0 Å². The second kappa shape index (κ2) is 4.85. The molecule has 0 saturated heterocycles. The van der Waals surface area contributed by atoms with E-state index in [9.17, 15) is 0 Å². The number of rotatable bonds is 2. The van der Waals surface area contributed by atoms with Gasteiger partial charge in [-0.1, -0.05) is 27.2 Å². The molecular weight excluding hydrogens is 308 g/mol. The van der Waals surface area contributed by atoms with Crippen LogP contribution in [0.15, 0.2) is 56.5 Å². The third kappa shape index (κ3) is 2.37. The van der Waals surface area contributed by atoms with Crippen LogP contribution in [0.2, 0.25) is 0 Å². The van der Waals surface area contributed by atoms with Crippen molar-refractivity contribution in [2.24, 2.45) is 5.16 Å². The average Bonchev–Trinajstić information content (AvgIpc) is 2.82. The first-order valence-electron chi connectivity index (χ1n) is 5.60. The van der Waals surface area contributed by atoms with Crippen LogP contribution in [-0.2, 0) is 0 Å². The number of benzene rings is 2. The van der Waals surface area contributed by atoms with Crippen molar-refractivity contribution >= 4 is 33.2 Å². The van der Waals surface area contributed by atoms with Crippen molar-refractivity contribution in [1.82, 2.24) is 4.98 Å². The SMILES string of the molecule is ON=Cc1ccc2oc(-c3cccc(Br)c3)nc2c1. The van der Waals surface area contributed by atoms with E-state index >= 15 is 0 Å². The first-order valence-corrected chi connectivity index (χ1v) is 6.39. The van der Waals surface area contributed by atoms with E-state index in [1.165, 1.54) is 6.21 Å². The van der Waals surface area contributed by atoms with Gasteiger partial charge in [0.2, 0.25) is 5.89 Å². The Morgan fingerprint density at radius 1 is 1.21 bits per heavy atom. The molecule has 0 amide bonds. The predicted molar refractivity (Wildman–Crippen MR) is 76.5 cm³/mol. The number of hydrogen-bond donors (Lipinski definition) is 1. The Balaban J connectivity index is 2.11. The van der Waals surface area contributed by atoms with E-state index in [1.54, 1.807) is 18.2 Å². The molecule has 19 heavy (non-hydrogen) atoms. The van der Waals surface area contributed by atoms with Crippen LogP contribution in [0.4, 0.5) is 0 Å². The van der Waals surface area contributed by atoms with Crippen molar-refractivity contribution in [3.63, 3.8) is 0 Å². The van der Waals surface area contributed by atoms with Gasteiger partial charge in [0.25, 0.3) is 0 Å². The van der Waals surface area contributed by atoms with E-state index < -0.39 is 0 Å². The van der Waals surface area contributed by atoms with Gasteiger partial charge in [0.05, 0.1) is 6.21 Å². The molecule has 0 atom stereocenters. The van der Waals surface area contributed by atoms with Gasteiger partial charge in [0, 0.05) is 10.0 Å². The van der Waals surface area contributed by atoms with Gasteiger partial charge in [-0.3, -0.25) is 0 Å². The lowest BCUT2D eigenvalue weighted by molar-refractivity contribution is 0.322. The Hall–Kier alpha value is -2.14. The first kappa shape index (κ1) is 11.9. The van der Waals surface area contributed by atoms with E-state index in [4.69, 9.17) is 9.62 Å². The van der Waals surface area contributed by atoms with Crippen LogP contribution in [0, 0.1) is 0 Å². The van der Waals surface area contributed by atoms with Gasteiger partial charge in [-0.15, -0.1) is 0 Å². The molecule has 0 radical (unpaired) electrons. The van der Waals surface area contributed by atoms with E-state index in [0.29, 0.717) is 11.5 Å². The summed E-state index contributed by atoms with van der Waals surface area (Å²) in [6.45, 7) is 0. The summed E-state index contributed by atoms with van der Waals surface area (Å²) in [4.78, 5) is 4.44. The van der Waals surface area contributed by atoms with Crippen LogP contribution < -0.4 is 0 Å². The van der Waals surface area contributed by atoms with E-state index in [0.717, 1.165) is 21.1 Å². The summed E-state index contributed by atoms with van der Waals surface area (Å²) >= 11 is 3.42. The molecule has 1 heterocycles. The summed E-state index contributed by atoms with van der Waals surface area (Å²) in [5.41, 5.74) is 3.10. The van der Waals surface area contributed by atoms with Gasteiger partial charge in [-0.05, 0) is 42.0 Å². The molecule has 0 aliphatic rings. The fourth-order valence-corrected chi connectivity index (χ4v) is 2.24. The number of hydrogen-bond acceptors (Lipinski definition) is 4. The van der Waals surface area contributed by atoms with Gasteiger partial charge < -0.3 is 9.62 Å². The molecule has 0 saturated carbocycles. The summed E-state index contributed by atoms with van der Waals surface area (Å²) < 4.78 is 6.68. The molecular formula is C14H9BrN2O2. The molecule has 1 aromatic heterocycles. The fraction of sp³-hybridized carbons (Fsp3) is 0. The summed E-state index contributed by atoms with van der Waals surface area (Å²) in [6, 6.07) is 13.2. The van der Waals surface area contributed by atoms with Crippen molar-refractivity contribution in [2.45, 2.75) is 0 Å². The Bertz CT molecular complexity index is 765. The molecule has 4 nitrogen and oxygen atoms in total. The minimum atomic E-state index is 0.564. The van der Waals surface area contributed by atoms with E-state index in [-0.39, 0.29) is 0 Å². The zero-order valence-corrected chi connectivity index (χ0v) is 11.3. The van der Waals surface area contributed by atoms with Crippen LogP contribution >= 0.6 is 15.9 Å². The molecule has 0 bridgehead atoms. The zero-order chi connectivity index (χ0) is 13.2. The van der Waals surface area contributed by atoms with Gasteiger partial charge in [0.15, 0.2) is 5.58 Å². The summed E-state index contributed by atoms with van der Waals surface area (Å²) in [5.74, 6) is 0.564. The number of nitrogens with zero attached hydrogens (tertiary/aromatic N) is 2. The molecule has 0 fully saturated rings. The number of oxazole rings is 1. The summed E-state index contributed by atoms with van der Waals surface area (Å²) in [6.07, 6.45) is 1.35. The predicted octanol–water partition coefficient (Wildman–Crippen LogP) is 4.07. The van der Waals surface area contributed by atoms with Crippen molar-refractivity contribution in [3.8, 4) is 11.5 Å². The smallest absolute Gasteiger partial charge is 0.227 e. The molecule has 5 heteroatoms. The maximum atomic E-state index is 8.53. The van der Waals surface area contributed by atoms with Gasteiger partial charge in [0.1, 0.15) is 5.52 Å². The van der Waals surface area contributed by atoms with E-state index in [2.05, 4.69) is 26.1 Å². The number of fused-ring (bicyclic) bond motifs is 1. The Morgan fingerprint density at radius 3 is 2.89 bits per heavy atom. The summed E-state index contributed by atoms with van der Waals surface area (Å²) in [5, 5.41) is 11.5. The van der Waals surface area contributed by atoms with Gasteiger partial charge in [-0.2, -0.15) is 0 Å². The maximum absolute atomic E-state index is 8.53. The second-order valence-electron chi connectivity index (χ2n) is 4.00. The minimum Gasteiger partial charge on any atom is -0.436 e. The quantitative estimate of drug-likeness (QED) is 0.440. The number of halogens is 1. The monoisotopic (exact) mass is 316 g/mol. The molecule has 0 aliphatic carbocycles. The Kier molecular flexibility index (Phi) is 3.05. The molecule has 3 aromatic rings. The highest BCUT2D eigenvalue weighted by Gasteiger charge is 2.08. The lowest BCUT2D eigenvalue weighted by atomic mass is 10.2. The fourth-order valence-electron chi connectivity index (χ4n) is 1.84. The maximum Gasteiger partial charge on any atom is 0.227 e. The lowest BCUT2D eigenvalue weighted by Crippen LogP contribution is -1.80. The minimum absolute atomic E-state index is 0.564. The first-order chi connectivity index (χ1) is 9.26. The average molecular weight is 317 g/mol. The van der Waals surface area contributed by atoms with Gasteiger partial charge >= 0.3 is 0 Å². The number of oxime groups is 1. The standard InChI is InChI=1S/C14H9BrN2O2/c15-11-3-1-2-10(7-11)14-17-12-6-9(8-16-18)4-5-13(12)19-14/h1-8,18H. The highest BCUT2D eigenvalue weighted by molar-refractivity contribution is 9.10. The molecule has 3 rings (SSSR count). The van der Waals surface area contributed by atoms with Crippen LogP contribution in [0.25, 0.3) is 22.6 Å². The molecule has 0 aliphatic heterocycles. The van der Waals surface area contributed by atoms with Crippen LogP contribution in [-0.4, -0.2) is 16.4 Å². The van der Waals surface area contributed by atoms with E-state index in [1.807, 2.05) is 24.3 Å². The molecule has 1 N–H and O–H groups in total. The Labute approximate surface area is 117 Å². The molecule has 0 unspecified atom stereocenters. The van der Waals surface area contributed by atoms with Crippen LogP contribution in [0.5, 0.6) is 0 Å². The lowest BCUT2D eigenvalue weighted by Gasteiger charge is -1.94. The third-order valence-corrected chi connectivity index (χ3v) is 3.18.